The van der Waals surface area contributed by atoms with Crippen molar-refractivity contribution in [3.05, 3.63) is 181 Å². The first-order valence-electron chi connectivity index (χ1n) is 16.1. The third-order valence-corrected chi connectivity index (χ3v) is 9.92. The van der Waals surface area contributed by atoms with Crippen molar-refractivity contribution >= 4 is 40.4 Å². The van der Waals surface area contributed by atoms with Gasteiger partial charge < -0.3 is 9.80 Å². The summed E-state index contributed by atoms with van der Waals surface area (Å²) in [5.74, 6) is 0.333. The molecule has 214 valence electrons. The fourth-order valence-electron chi connectivity index (χ4n) is 7.91. The minimum absolute atomic E-state index is 0.165. The van der Waals surface area contributed by atoms with Gasteiger partial charge in [-0.15, -0.1) is 0 Å². The average molecular weight is 577 g/mol. The number of fused-ring (bicyclic) bond motifs is 3. The number of anilines is 4. The fraction of sp³-hybridized carbons (Fsp3) is 0.0952. The SMILES string of the molecule is C1=CCC(N2c3cc(-c4ccccc4)ccc3B3C4=C(CC(c5ccccc5)C=C4)N(c4ccccc4)c4cccc2c43)C=C1. The van der Waals surface area contributed by atoms with Crippen LogP contribution < -0.4 is 20.7 Å². The molecular formula is C42H33BN2. The lowest BCUT2D eigenvalue weighted by Gasteiger charge is -2.47. The molecule has 2 atom stereocenters. The lowest BCUT2D eigenvalue weighted by Crippen LogP contribution is -2.58. The molecule has 2 nitrogen and oxygen atoms in total. The van der Waals surface area contributed by atoms with Gasteiger partial charge in [-0.25, -0.2) is 0 Å². The van der Waals surface area contributed by atoms with Crippen LogP contribution in [-0.2, 0) is 0 Å². The lowest BCUT2D eigenvalue weighted by atomic mass is 9.32. The molecule has 0 amide bonds. The van der Waals surface area contributed by atoms with Crippen LogP contribution in [0.1, 0.15) is 24.3 Å². The van der Waals surface area contributed by atoms with Crippen molar-refractivity contribution in [3.8, 4) is 11.1 Å². The van der Waals surface area contributed by atoms with Crippen molar-refractivity contribution in [2.75, 3.05) is 9.80 Å². The van der Waals surface area contributed by atoms with Gasteiger partial charge in [-0.3, -0.25) is 0 Å². The van der Waals surface area contributed by atoms with Crippen molar-refractivity contribution < 1.29 is 0 Å². The van der Waals surface area contributed by atoms with E-state index in [1.54, 1.807) is 0 Å². The molecule has 3 heteroatoms. The third-order valence-electron chi connectivity index (χ3n) is 9.92. The van der Waals surface area contributed by atoms with Crippen molar-refractivity contribution in [1.29, 1.82) is 0 Å². The number of hydrogen-bond acceptors (Lipinski definition) is 2. The molecule has 4 aliphatic rings. The number of allylic oxidation sites excluding steroid dienone is 6. The van der Waals surface area contributed by atoms with E-state index in [1.807, 2.05) is 0 Å². The van der Waals surface area contributed by atoms with Crippen molar-refractivity contribution in [3.63, 3.8) is 0 Å². The van der Waals surface area contributed by atoms with Gasteiger partial charge in [0.05, 0.1) is 6.04 Å². The van der Waals surface area contributed by atoms with E-state index in [2.05, 4.69) is 174 Å². The fourth-order valence-corrected chi connectivity index (χ4v) is 7.91. The molecule has 0 aromatic heterocycles. The number of benzene rings is 5. The highest BCUT2D eigenvalue weighted by atomic mass is 15.2. The molecule has 45 heavy (non-hydrogen) atoms. The Morgan fingerprint density at radius 2 is 1.38 bits per heavy atom. The average Bonchev–Trinajstić information content (AvgIpc) is 3.12. The molecule has 2 aliphatic carbocycles. The molecule has 2 heterocycles. The maximum absolute atomic E-state index is 2.62. The minimum Gasteiger partial charge on any atom is -0.335 e. The summed E-state index contributed by atoms with van der Waals surface area (Å²) >= 11 is 0. The largest absolute Gasteiger partial charge is 0.335 e. The Bertz CT molecular complexity index is 2020. The smallest absolute Gasteiger partial charge is 0.251 e. The monoisotopic (exact) mass is 576 g/mol. The van der Waals surface area contributed by atoms with E-state index in [1.165, 1.54) is 61.5 Å². The first-order valence-corrected chi connectivity index (χ1v) is 16.1. The molecule has 0 N–H and O–H groups in total. The van der Waals surface area contributed by atoms with Crippen molar-refractivity contribution in [1.82, 2.24) is 0 Å². The summed E-state index contributed by atoms with van der Waals surface area (Å²) in [6, 6.07) is 47.1. The molecule has 0 saturated heterocycles. The third kappa shape index (κ3) is 4.26. The lowest BCUT2D eigenvalue weighted by molar-refractivity contribution is 0.781. The van der Waals surface area contributed by atoms with Crippen LogP contribution in [-0.4, -0.2) is 12.8 Å². The van der Waals surface area contributed by atoms with Crippen LogP contribution in [0.4, 0.5) is 22.7 Å². The number of rotatable bonds is 4. The summed E-state index contributed by atoms with van der Waals surface area (Å²) in [7, 11) is 0. The molecular weight excluding hydrogens is 543 g/mol. The Balaban J connectivity index is 1.29. The van der Waals surface area contributed by atoms with Crippen LogP contribution in [0.3, 0.4) is 0 Å². The van der Waals surface area contributed by atoms with Crippen LogP contribution in [0.2, 0.25) is 0 Å². The van der Waals surface area contributed by atoms with E-state index >= 15 is 0 Å². The first-order chi connectivity index (χ1) is 22.3. The second-order valence-electron chi connectivity index (χ2n) is 12.4. The zero-order valence-corrected chi connectivity index (χ0v) is 25.1. The maximum atomic E-state index is 2.62. The summed E-state index contributed by atoms with van der Waals surface area (Å²) in [6.45, 7) is 0.165. The van der Waals surface area contributed by atoms with Gasteiger partial charge in [0.15, 0.2) is 0 Å². The molecule has 0 saturated carbocycles. The number of nitrogens with zero attached hydrogens (tertiary/aromatic N) is 2. The van der Waals surface area contributed by atoms with Gasteiger partial charge in [0, 0.05) is 34.4 Å². The van der Waals surface area contributed by atoms with Crippen molar-refractivity contribution in [2.45, 2.75) is 24.8 Å². The maximum Gasteiger partial charge on any atom is 0.251 e. The highest BCUT2D eigenvalue weighted by Crippen LogP contribution is 2.47. The Labute approximate surface area is 266 Å². The van der Waals surface area contributed by atoms with E-state index < -0.39 is 0 Å². The molecule has 0 spiro atoms. The van der Waals surface area contributed by atoms with Crippen LogP contribution in [0, 0.1) is 0 Å². The molecule has 5 aromatic rings. The summed E-state index contributed by atoms with van der Waals surface area (Å²) < 4.78 is 0. The van der Waals surface area contributed by atoms with Crippen LogP contribution >= 0.6 is 0 Å². The Morgan fingerprint density at radius 3 is 2.16 bits per heavy atom. The van der Waals surface area contributed by atoms with Crippen molar-refractivity contribution in [2.24, 2.45) is 0 Å². The van der Waals surface area contributed by atoms with Gasteiger partial charge >= 0.3 is 0 Å². The standard InChI is InChI=1S/C42H33BN2/c1-5-14-30(15-6-1)32-24-26-36-40(28-32)44(34-18-9-3-10-19-34)38-22-13-23-39-42(38)43(36)37-27-25-33(31-16-7-2-8-17-31)29-41(37)45(39)35-20-11-4-12-21-35/h1-20,22-27,29,32,35H,21,28H2. The summed E-state index contributed by atoms with van der Waals surface area (Å²) in [6.07, 6.45) is 15.9. The van der Waals surface area contributed by atoms with Gasteiger partial charge in [-0.05, 0) is 76.3 Å². The van der Waals surface area contributed by atoms with E-state index in [0.717, 1.165) is 12.8 Å². The second kappa shape index (κ2) is 10.7. The molecule has 2 aliphatic heterocycles. The minimum atomic E-state index is 0.165. The van der Waals surface area contributed by atoms with Crippen LogP contribution in [0.25, 0.3) is 11.1 Å². The molecule has 2 unspecified atom stereocenters. The first kappa shape index (κ1) is 26.2. The predicted octanol–water partition coefficient (Wildman–Crippen LogP) is 8.99. The normalized spacial score (nSPS) is 19.3. The molecule has 0 radical (unpaired) electrons. The summed E-state index contributed by atoms with van der Waals surface area (Å²) in [5.41, 5.74) is 14.6. The molecule has 0 fully saturated rings. The van der Waals surface area contributed by atoms with Crippen LogP contribution in [0.5, 0.6) is 0 Å². The molecule has 9 rings (SSSR count). The van der Waals surface area contributed by atoms with Crippen LogP contribution in [0.15, 0.2) is 175 Å². The highest BCUT2D eigenvalue weighted by Gasteiger charge is 2.45. The summed E-state index contributed by atoms with van der Waals surface area (Å²) in [5, 5.41) is 0. The van der Waals surface area contributed by atoms with E-state index in [9.17, 15) is 0 Å². The number of para-hydroxylation sites is 1. The topological polar surface area (TPSA) is 6.48 Å². The molecule has 5 aromatic carbocycles. The zero-order chi connectivity index (χ0) is 29.7. The number of hydrogen-bond donors (Lipinski definition) is 0. The quantitative estimate of drug-likeness (QED) is 0.197. The summed E-state index contributed by atoms with van der Waals surface area (Å²) in [4.78, 5) is 5.17. The zero-order valence-electron chi connectivity index (χ0n) is 25.1. The second-order valence-corrected chi connectivity index (χ2v) is 12.4. The Morgan fingerprint density at radius 1 is 0.622 bits per heavy atom. The van der Waals surface area contributed by atoms with Gasteiger partial charge in [0.1, 0.15) is 0 Å². The van der Waals surface area contributed by atoms with E-state index in [0.29, 0.717) is 5.92 Å². The van der Waals surface area contributed by atoms with E-state index in [4.69, 9.17) is 0 Å². The van der Waals surface area contributed by atoms with Gasteiger partial charge in [0.2, 0.25) is 0 Å². The van der Waals surface area contributed by atoms with Gasteiger partial charge in [-0.1, -0.05) is 134 Å². The van der Waals surface area contributed by atoms with Gasteiger partial charge in [0.25, 0.3) is 6.71 Å². The van der Waals surface area contributed by atoms with E-state index in [-0.39, 0.29) is 12.8 Å². The highest BCUT2D eigenvalue weighted by molar-refractivity contribution is 6.95. The predicted molar refractivity (Wildman–Crippen MR) is 191 cm³/mol. The molecule has 0 bridgehead atoms. The Kier molecular flexibility index (Phi) is 6.23. The van der Waals surface area contributed by atoms with Gasteiger partial charge in [-0.2, -0.15) is 0 Å². The Hall–Kier alpha value is -5.28.